The third-order valence-electron chi connectivity index (χ3n) is 4.68. The summed E-state index contributed by atoms with van der Waals surface area (Å²) in [5.74, 6) is 0.111. The van der Waals surface area contributed by atoms with Crippen molar-refractivity contribution >= 4 is 11.6 Å². The maximum absolute atomic E-state index is 11.4. The summed E-state index contributed by atoms with van der Waals surface area (Å²) in [6.07, 6.45) is 0.769. The van der Waals surface area contributed by atoms with E-state index in [1.807, 2.05) is 31.3 Å². The molecule has 6 heteroatoms. The van der Waals surface area contributed by atoms with Gasteiger partial charge >= 0.3 is 0 Å². The fourth-order valence-electron chi connectivity index (χ4n) is 3.14. The first kappa shape index (κ1) is 15.8. The first-order chi connectivity index (χ1) is 11.1. The number of likely N-dealkylation sites (N-methyl/N-ethyl adjacent to an activating group) is 1. The number of anilines is 1. The molecule has 2 unspecified atom stereocenters. The van der Waals surface area contributed by atoms with E-state index in [9.17, 15) is 4.79 Å². The highest BCUT2D eigenvalue weighted by Crippen LogP contribution is 2.24. The average molecular weight is 315 g/mol. The van der Waals surface area contributed by atoms with E-state index in [0.717, 1.165) is 37.3 Å². The quantitative estimate of drug-likeness (QED) is 0.467. The number of nitrogens with two attached hydrogens (primary N) is 1. The van der Waals surface area contributed by atoms with Gasteiger partial charge in [-0.1, -0.05) is 12.1 Å². The van der Waals surface area contributed by atoms with Crippen molar-refractivity contribution < 1.29 is 4.79 Å². The molecule has 1 aromatic rings. The maximum Gasteiger partial charge on any atom is 0.229 e. The number of nitrogens with one attached hydrogen (secondary N) is 3. The number of hydrogen-bond acceptors (Lipinski definition) is 5. The second-order valence-corrected chi connectivity index (χ2v) is 6.28. The number of carbonyl (C=O) groups excluding carboxylic acids is 1. The van der Waals surface area contributed by atoms with Crippen LogP contribution in [-0.2, 0) is 4.79 Å². The minimum atomic E-state index is -0.224. The van der Waals surface area contributed by atoms with Crippen LogP contribution < -0.4 is 21.7 Å². The van der Waals surface area contributed by atoms with E-state index in [-0.39, 0.29) is 18.0 Å². The van der Waals surface area contributed by atoms with Crippen LogP contribution in [0.1, 0.15) is 17.9 Å². The molecule has 6 nitrogen and oxygen atoms in total. The smallest absolute Gasteiger partial charge is 0.229 e. The van der Waals surface area contributed by atoms with Gasteiger partial charge in [0.25, 0.3) is 0 Å². The number of β-lactam (4-membered cyclic amide) rings is 1. The first-order valence-electron chi connectivity index (χ1n) is 8.06. The van der Waals surface area contributed by atoms with Crippen molar-refractivity contribution in [2.45, 2.75) is 18.5 Å². The largest absolute Gasteiger partial charge is 0.391 e. The second kappa shape index (κ2) is 6.60. The monoisotopic (exact) mass is 315 g/mol. The molecular weight excluding hydrogens is 290 g/mol. The molecule has 0 aliphatic carbocycles. The third kappa shape index (κ3) is 3.33. The van der Waals surface area contributed by atoms with Gasteiger partial charge in [0.05, 0.1) is 12.1 Å². The van der Waals surface area contributed by atoms with E-state index in [1.54, 1.807) is 0 Å². The fraction of sp³-hybridized carbons (Fsp3) is 0.471. The van der Waals surface area contributed by atoms with Gasteiger partial charge in [0.1, 0.15) is 0 Å². The molecule has 3 rings (SSSR count). The number of carbonyl (C=O) groups is 1. The molecule has 2 aliphatic heterocycles. The van der Waals surface area contributed by atoms with Gasteiger partial charge in [-0.05, 0) is 36.7 Å². The Morgan fingerprint density at radius 1 is 1.35 bits per heavy atom. The van der Waals surface area contributed by atoms with Gasteiger partial charge in [-0.3, -0.25) is 4.79 Å². The maximum atomic E-state index is 11.4. The van der Waals surface area contributed by atoms with Gasteiger partial charge < -0.3 is 26.6 Å². The van der Waals surface area contributed by atoms with Gasteiger partial charge in [0, 0.05) is 38.1 Å². The summed E-state index contributed by atoms with van der Waals surface area (Å²) in [6.45, 7) is 2.64. The fourth-order valence-corrected chi connectivity index (χ4v) is 3.14. The highest BCUT2D eigenvalue weighted by atomic mass is 16.2. The van der Waals surface area contributed by atoms with Crippen molar-refractivity contribution in [1.29, 1.82) is 0 Å². The summed E-state index contributed by atoms with van der Waals surface area (Å²) in [6, 6.07) is 7.98. The SMILES string of the molecule is CNC1=C(C(N)Nc2ccc(C3CNC3=O)cc2)CN(C)CC1. The standard InChI is InChI=1S/C17H25N5O/c1-19-15-7-8-22(2)10-14(15)16(18)21-12-5-3-11(4-6-12)13-9-20-17(13)23/h3-6,13,16,19,21H,7-10,18H2,1-2H3,(H,20,23). The lowest BCUT2D eigenvalue weighted by molar-refractivity contribution is -0.127. The molecule has 23 heavy (non-hydrogen) atoms. The van der Waals surface area contributed by atoms with Crippen molar-refractivity contribution in [1.82, 2.24) is 15.5 Å². The molecule has 0 aromatic heterocycles. The summed E-state index contributed by atoms with van der Waals surface area (Å²) in [4.78, 5) is 13.7. The molecule has 0 bridgehead atoms. The van der Waals surface area contributed by atoms with Crippen molar-refractivity contribution in [3.63, 3.8) is 0 Å². The van der Waals surface area contributed by atoms with Crippen LogP contribution in [0.25, 0.3) is 0 Å². The zero-order valence-corrected chi connectivity index (χ0v) is 13.7. The predicted octanol–water partition coefficient (Wildman–Crippen LogP) is 0.406. The van der Waals surface area contributed by atoms with Gasteiger partial charge in [0.15, 0.2) is 0 Å². The van der Waals surface area contributed by atoms with Crippen molar-refractivity contribution in [2.75, 3.05) is 39.0 Å². The predicted molar refractivity (Wildman–Crippen MR) is 92.0 cm³/mol. The summed E-state index contributed by atoms with van der Waals surface area (Å²) >= 11 is 0. The van der Waals surface area contributed by atoms with Crippen LogP contribution in [-0.4, -0.2) is 50.7 Å². The van der Waals surface area contributed by atoms with E-state index in [4.69, 9.17) is 5.73 Å². The number of benzene rings is 1. The lowest BCUT2D eigenvalue weighted by Crippen LogP contribution is -2.46. The van der Waals surface area contributed by atoms with E-state index in [1.165, 1.54) is 11.3 Å². The topological polar surface area (TPSA) is 82.4 Å². The number of amides is 1. The van der Waals surface area contributed by atoms with Crippen LogP contribution >= 0.6 is 0 Å². The number of nitrogens with zero attached hydrogens (tertiary/aromatic N) is 1. The van der Waals surface area contributed by atoms with Crippen LogP contribution in [0.15, 0.2) is 35.5 Å². The Balaban J connectivity index is 1.68. The molecule has 1 aromatic carbocycles. The summed E-state index contributed by atoms with van der Waals surface area (Å²) in [5.41, 5.74) is 10.8. The van der Waals surface area contributed by atoms with Crippen molar-refractivity contribution in [3.05, 3.63) is 41.1 Å². The Labute approximate surface area is 137 Å². The molecule has 1 fully saturated rings. The molecule has 0 radical (unpaired) electrons. The Hall–Kier alpha value is -2.05. The Morgan fingerprint density at radius 3 is 2.65 bits per heavy atom. The highest BCUT2D eigenvalue weighted by Gasteiger charge is 2.29. The first-order valence-corrected chi connectivity index (χ1v) is 8.06. The van der Waals surface area contributed by atoms with E-state index >= 15 is 0 Å². The van der Waals surface area contributed by atoms with Crippen LogP contribution in [0.5, 0.6) is 0 Å². The molecule has 0 spiro atoms. The number of hydrogen-bond donors (Lipinski definition) is 4. The molecule has 124 valence electrons. The zero-order chi connectivity index (χ0) is 16.4. The molecule has 2 heterocycles. The molecule has 5 N–H and O–H groups in total. The third-order valence-corrected chi connectivity index (χ3v) is 4.68. The molecule has 1 saturated heterocycles. The zero-order valence-electron chi connectivity index (χ0n) is 13.7. The minimum absolute atomic E-state index is 0.00307. The molecule has 2 aliphatic rings. The lowest BCUT2D eigenvalue weighted by atomic mass is 9.92. The van der Waals surface area contributed by atoms with Gasteiger partial charge in [0.2, 0.25) is 5.91 Å². The van der Waals surface area contributed by atoms with Crippen LogP contribution in [0, 0.1) is 0 Å². The summed E-state index contributed by atoms with van der Waals surface area (Å²) in [7, 11) is 4.06. The number of rotatable bonds is 5. The van der Waals surface area contributed by atoms with Gasteiger partial charge in [-0.2, -0.15) is 0 Å². The molecule has 2 atom stereocenters. The normalized spacial score (nSPS) is 23.1. The van der Waals surface area contributed by atoms with Gasteiger partial charge in [-0.25, -0.2) is 0 Å². The van der Waals surface area contributed by atoms with Crippen molar-refractivity contribution in [3.8, 4) is 0 Å². The minimum Gasteiger partial charge on any atom is -0.391 e. The Kier molecular flexibility index (Phi) is 4.54. The van der Waals surface area contributed by atoms with Gasteiger partial charge in [-0.15, -0.1) is 0 Å². The summed E-state index contributed by atoms with van der Waals surface area (Å²) < 4.78 is 0. The second-order valence-electron chi connectivity index (χ2n) is 6.28. The van der Waals surface area contributed by atoms with Crippen LogP contribution in [0.2, 0.25) is 0 Å². The van der Waals surface area contributed by atoms with Crippen LogP contribution in [0.4, 0.5) is 5.69 Å². The van der Waals surface area contributed by atoms with E-state index < -0.39 is 0 Å². The van der Waals surface area contributed by atoms with E-state index in [2.05, 4.69) is 27.9 Å². The van der Waals surface area contributed by atoms with Crippen molar-refractivity contribution in [2.24, 2.45) is 5.73 Å². The van der Waals surface area contributed by atoms with E-state index in [0.29, 0.717) is 0 Å². The average Bonchev–Trinajstić information content (AvgIpc) is 2.55. The molecule has 1 amide bonds. The molecular formula is C17H25N5O. The summed E-state index contributed by atoms with van der Waals surface area (Å²) in [5, 5.41) is 9.41. The Bertz CT molecular complexity index is 610. The lowest BCUT2D eigenvalue weighted by Gasteiger charge is -2.31. The highest BCUT2D eigenvalue weighted by molar-refractivity contribution is 5.89. The van der Waals surface area contributed by atoms with Crippen LogP contribution in [0.3, 0.4) is 0 Å². The molecule has 0 saturated carbocycles. The Morgan fingerprint density at radius 2 is 2.09 bits per heavy atom.